The van der Waals surface area contributed by atoms with E-state index in [4.69, 9.17) is 4.43 Å². The molecule has 2 aliphatic rings. The zero-order valence-corrected chi connectivity index (χ0v) is 14.6. The quantitative estimate of drug-likeness (QED) is 0.686. The van der Waals surface area contributed by atoms with Crippen LogP contribution in [0, 0.1) is 5.92 Å². The molecule has 0 N–H and O–H groups in total. The first-order chi connectivity index (χ1) is 9.29. The molecule has 0 aliphatic heterocycles. The van der Waals surface area contributed by atoms with Crippen molar-refractivity contribution in [2.24, 2.45) is 5.92 Å². The van der Waals surface area contributed by atoms with E-state index in [1.165, 1.54) is 18.4 Å². The minimum Gasteiger partial charge on any atom is -0.413 e. The van der Waals surface area contributed by atoms with E-state index in [9.17, 15) is 0 Å². The highest BCUT2D eigenvalue weighted by molar-refractivity contribution is 6.74. The second kappa shape index (κ2) is 4.71. The van der Waals surface area contributed by atoms with Crippen molar-refractivity contribution < 1.29 is 4.43 Å². The Labute approximate surface area is 124 Å². The van der Waals surface area contributed by atoms with E-state index in [1.54, 1.807) is 5.56 Å². The molecule has 2 heteroatoms. The van der Waals surface area contributed by atoms with Gasteiger partial charge in [0.2, 0.25) is 0 Å². The van der Waals surface area contributed by atoms with Gasteiger partial charge in [-0.1, -0.05) is 45.0 Å². The maximum Gasteiger partial charge on any atom is 0.192 e. The molecule has 1 saturated carbocycles. The minimum absolute atomic E-state index is 0.309. The fraction of sp³-hybridized carbons (Fsp3) is 0.667. The summed E-state index contributed by atoms with van der Waals surface area (Å²) in [6, 6.07) is 9.03. The van der Waals surface area contributed by atoms with Crippen LogP contribution in [-0.4, -0.2) is 14.4 Å². The fourth-order valence-electron chi connectivity index (χ4n) is 3.49. The van der Waals surface area contributed by atoms with E-state index in [0.29, 0.717) is 11.1 Å². The third-order valence-electron chi connectivity index (χ3n) is 5.93. The van der Waals surface area contributed by atoms with Gasteiger partial charge in [0.05, 0.1) is 6.10 Å². The van der Waals surface area contributed by atoms with Crippen LogP contribution in [0.5, 0.6) is 0 Å². The third kappa shape index (κ3) is 2.27. The van der Waals surface area contributed by atoms with Crippen LogP contribution in [-0.2, 0) is 10.8 Å². The highest BCUT2D eigenvalue weighted by Crippen LogP contribution is 2.52. The van der Waals surface area contributed by atoms with Gasteiger partial charge in [0, 0.05) is 0 Å². The summed E-state index contributed by atoms with van der Waals surface area (Å²) in [6.07, 6.45) is 4.31. The monoisotopic (exact) mass is 288 g/mol. The fourth-order valence-corrected chi connectivity index (χ4v) is 4.86. The van der Waals surface area contributed by atoms with Crippen LogP contribution >= 0.6 is 0 Å². The Morgan fingerprint density at radius 1 is 1.10 bits per heavy atom. The normalized spacial score (nSPS) is 29.4. The van der Waals surface area contributed by atoms with Gasteiger partial charge in [-0.2, -0.15) is 0 Å². The topological polar surface area (TPSA) is 9.23 Å². The molecule has 1 fully saturated rings. The second-order valence-electron chi connectivity index (χ2n) is 8.17. The average molecular weight is 289 g/mol. The molecule has 0 spiro atoms. The van der Waals surface area contributed by atoms with Crippen molar-refractivity contribution in [1.82, 2.24) is 0 Å². The predicted molar refractivity (Wildman–Crippen MR) is 87.7 cm³/mol. The maximum absolute atomic E-state index is 6.77. The Balaban J connectivity index is 1.83. The van der Waals surface area contributed by atoms with Crippen molar-refractivity contribution in [2.75, 3.05) is 0 Å². The molecule has 20 heavy (non-hydrogen) atoms. The van der Waals surface area contributed by atoms with Gasteiger partial charge < -0.3 is 4.43 Å². The molecule has 3 atom stereocenters. The zero-order chi connectivity index (χ0) is 14.5. The standard InChI is InChI=1S/C18H28OSi/c1-18(2,3)20(4,5)19-17-12-13-8-6-7-9-14(13)15-10-11-16(15)17/h6-9,15-17H,10-12H2,1-5H3/t15-,16-,17-/m0/s1. The zero-order valence-electron chi connectivity index (χ0n) is 13.6. The summed E-state index contributed by atoms with van der Waals surface area (Å²) in [5, 5.41) is 0.309. The lowest BCUT2D eigenvalue weighted by molar-refractivity contribution is 0.0420. The van der Waals surface area contributed by atoms with Crippen LogP contribution < -0.4 is 0 Å². The molecule has 1 nitrogen and oxygen atoms in total. The van der Waals surface area contributed by atoms with E-state index < -0.39 is 8.32 Å². The van der Waals surface area contributed by atoms with Crippen LogP contribution in [0.25, 0.3) is 0 Å². The lowest BCUT2D eigenvalue weighted by Gasteiger charge is -2.50. The smallest absolute Gasteiger partial charge is 0.192 e. The summed E-state index contributed by atoms with van der Waals surface area (Å²) in [5.74, 6) is 1.55. The highest BCUT2D eigenvalue weighted by Gasteiger charge is 2.47. The summed E-state index contributed by atoms with van der Waals surface area (Å²) in [7, 11) is -1.65. The first kappa shape index (κ1) is 14.3. The average Bonchev–Trinajstić information content (AvgIpc) is 2.27. The summed E-state index contributed by atoms with van der Waals surface area (Å²) < 4.78 is 6.77. The van der Waals surface area contributed by atoms with Crippen LogP contribution in [0.15, 0.2) is 24.3 Å². The van der Waals surface area contributed by atoms with Gasteiger partial charge in [0.15, 0.2) is 8.32 Å². The summed E-state index contributed by atoms with van der Waals surface area (Å²) in [6.45, 7) is 11.8. The van der Waals surface area contributed by atoms with Crippen LogP contribution in [0.4, 0.5) is 0 Å². The first-order valence-electron chi connectivity index (χ1n) is 8.05. The van der Waals surface area contributed by atoms with Gasteiger partial charge in [-0.15, -0.1) is 0 Å². The molecule has 1 aromatic rings. The van der Waals surface area contributed by atoms with Gasteiger partial charge in [-0.05, 0) is 60.4 Å². The molecule has 2 aliphatic carbocycles. The van der Waals surface area contributed by atoms with E-state index in [2.05, 4.69) is 58.1 Å². The molecule has 0 unspecified atom stereocenters. The molecule has 0 heterocycles. The van der Waals surface area contributed by atoms with E-state index in [0.717, 1.165) is 18.3 Å². The van der Waals surface area contributed by atoms with Crippen molar-refractivity contribution in [2.45, 2.75) is 70.2 Å². The van der Waals surface area contributed by atoms with Crippen molar-refractivity contribution in [3.8, 4) is 0 Å². The lowest BCUT2D eigenvalue weighted by atomic mass is 9.62. The minimum atomic E-state index is -1.65. The Hall–Kier alpha value is -0.603. The van der Waals surface area contributed by atoms with E-state index in [-0.39, 0.29) is 0 Å². The van der Waals surface area contributed by atoms with Gasteiger partial charge >= 0.3 is 0 Å². The van der Waals surface area contributed by atoms with Gasteiger partial charge in [0.1, 0.15) is 0 Å². The van der Waals surface area contributed by atoms with Gasteiger partial charge in [-0.25, -0.2) is 0 Å². The van der Waals surface area contributed by atoms with Crippen molar-refractivity contribution in [1.29, 1.82) is 0 Å². The van der Waals surface area contributed by atoms with Crippen LogP contribution in [0.1, 0.15) is 50.7 Å². The molecule has 0 radical (unpaired) electrons. The molecule has 1 aromatic carbocycles. The maximum atomic E-state index is 6.77. The number of rotatable bonds is 2. The van der Waals surface area contributed by atoms with Crippen molar-refractivity contribution >= 4 is 8.32 Å². The predicted octanol–water partition coefficient (Wildman–Crippen LogP) is 5.13. The molecule has 0 amide bonds. The van der Waals surface area contributed by atoms with Crippen molar-refractivity contribution in [3.63, 3.8) is 0 Å². The first-order valence-corrected chi connectivity index (χ1v) is 11.0. The largest absolute Gasteiger partial charge is 0.413 e. The Morgan fingerprint density at radius 3 is 2.40 bits per heavy atom. The van der Waals surface area contributed by atoms with Crippen molar-refractivity contribution in [3.05, 3.63) is 35.4 Å². The van der Waals surface area contributed by atoms with Crippen LogP contribution in [0.2, 0.25) is 18.1 Å². The lowest BCUT2D eigenvalue weighted by Crippen LogP contribution is -2.50. The van der Waals surface area contributed by atoms with E-state index >= 15 is 0 Å². The number of hydrogen-bond donors (Lipinski definition) is 0. The number of hydrogen-bond acceptors (Lipinski definition) is 1. The summed E-state index contributed by atoms with van der Waals surface area (Å²) >= 11 is 0. The Morgan fingerprint density at radius 2 is 1.80 bits per heavy atom. The van der Waals surface area contributed by atoms with Gasteiger partial charge in [0.25, 0.3) is 0 Å². The second-order valence-corrected chi connectivity index (χ2v) is 12.9. The molecule has 110 valence electrons. The molecule has 0 aromatic heterocycles. The highest BCUT2D eigenvalue weighted by atomic mass is 28.4. The summed E-state index contributed by atoms with van der Waals surface area (Å²) in [4.78, 5) is 0. The molecular weight excluding hydrogens is 260 g/mol. The van der Waals surface area contributed by atoms with Gasteiger partial charge in [-0.3, -0.25) is 0 Å². The number of benzene rings is 1. The van der Waals surface area contributed by atoms with E-state index in [1.807, 2.05) is 0 Å². The molecule has 3 rings (SSSR count). The molecule has 0 saturated heterocycles. The number of fused-ring (bicyclic) bond motifs is 3. The van der Waals surface area contributed by atoms with Crippen LogP contribution in [0.3, 0.4) is 0 Å². The molecular formula is C18H28OSi. The SMILES string of the molecule is CC(C)(C)[Si](C)(C)O[C@H]1Cc2ccccc2[C@@H]2CC[C@H]12. The Bertz CT molecular complexity index is 500. The third-order valence-corrected chi connectivity index (χ3v) is 10.4. The Kier molecular flexibility index (Phi) is 3.37. The molecule has 0 bridgehead atoms. The summed E-state index contributed by atoms with van der Waals surface area (Å²) in [5.41, 5.74) is 3.15.